The van der Waals surface area contributed by atoms with Gasteiger partial charge in [-0.2, -0.15) is 0 Å². The molecule has 154 valence electrons. The maximum atomic E-state index is 12.6. The monoisotopic (exact) mass is 391 g/mol. The number of amides is 1. The fourth-order valence-corrected chi connectivity index (χ4v) is 3.22. The number of hydrogen-bond donors (Lipinski definition) is 1. The zero-order chi connectivity index (χ0) is 20.7. The van der Waals surface area contributed by atoms with E-state index in [-0.39, 0.29) is 23.2 Å². The highest BCUT2D eigenvalue weighted by Gasteiger charge is 2.24. The van der Waals surface area contributed by atoms with Crippen molar-refractivity contribution in [3.63, 3.8) is 0 Å². The molecule has 1 aliphatic heterocycles. The van der Waals surface area contributed by atoms with E-state index in [2.05, 4.69) is 19.2 Å². The molecule has 8 nitrogen and oxygen atoms in total. The summed E-state index contributed by atoms with van der Waals surface area (Å²) in [5.74, 6) is -0.552. The van der Waals surface area contributed by atoms with Crippen LogP contribution in [0.5, 0.6) is 0 Å². The van der Waals surface area contributed by atoms with E-state index in [1.807, 2.05) is 11.8 Å². The summed E-state index contributed by atoms with van der Waals surface area (Å²) in [6.45, 7) is 7.31. The third kappa shape index (κ3) is 6.21. The van der Waals surface area contributed by atoms with E-state index in [1.165, 1.54) is 12.1 Å². The van der Waals surface area contributed by atoms with Crippen LogP contribution in [0.4, 0.5) is 11.4 Å². The molecule has 1 N–H and O–H groups in total. The van der Waals surface area contributed by atoms with E-state index in [0.29, 0.717) is 11.6 Å². The molecule has 0 unspecified atom stereocenters. The first kappa shape index (κ1) is 21.7. The lowest BCUT2D eigenvalue weighted by Gasteiger charge is -2.20. The Morgan fingerprint density at radius 1 is 1.21 bits per heavy atom. The van der Waals surface area contributed by atoms with Crippen molar-refractivity contribution in [2.24, 2.45) is 5.92 Å². The van der Waals surface area contributed by atoms with Gasteiger partial charge in [0.05, 0.1) is 16.2 Å². The number of nitro benzene ring substituents is 1. The number of rotatable bonds is 9. The Morgan fingerprint density at radius 3 is 2.50 bits per heavy atom. The molecular formula is C20H29N3O5. The van der Waals surface area contributed by atoms with Crippen LogP contribution >= 0.6 is 0 Å². The van der Waals surface area contributed by atoms with Crippen molar-refractivity contribution >= 4 is 23.3 Å². The molecule has 0 spiro atoms. The van der Waals surface area contributed by atoms with Crippen LogP contribution in [0.1, 0.15) is 56.8 Å². The van der Waals surface area contributed by atoms with Crippen molar-refractivity contribution in [3.05, 3.63) is 33.9 Å². The lowest BCUT2D eigenvalue weighted by molar-refractivity contribution is -0.384. The van der Waals surface area contributed by atoms with Gasteiger partial charge in [-0.15, -0.1) is 0 Å². The molecule has 0 aromatic heterocycles. The lowest BCUT2D eigenvalue weighted by Crippen LogP contribution is -2.36. The maximum Gasteiger partial charge on any atom is 0.341 e. The van der Waals surface area contributed by atoms with Crippen molar-refractivity contribution in [2.45, 2.75) is 52.5 Å². The Bertz CT molecular complexity index is 714. The molecule has 28 heavy (non-hydrogen) atoms. The summed E-state index contributed by atoms with van der Waals surface area (Å²) in [6.07, 6.45) is 3.85. The van der Waals surface area contributed by atoms with Crippen LogP contribution in [-0.4, -0.2) is 42.5 Å². The molecular weight excluding hydrogens is 362 g/mol. The summed E-state index contributed by atoms with van der Waals surface area (Å²) in [5, 5.41) is 13.9. The second-order valence-electron chi connectivity index (χ2n) is 7.67. The summed E-state index contributed by atoms with van der Waals surface area (Å²) >= 11 is 0. The van der Waals surface area contributed by atoms with E-state index in [1.54, 1.807) is 6.07 Å². The Morgan fingerprint density at radius 2 is 1.89 bits per heavy atom. The van der Waals surface area contributed by atoms with Gasteiger partial charge in [0, 0.05) is 31.3 Å². The van der Waals surface area contributed by atoms with Crippen LogP contribution in [0, 0.1) is 16.0 Å². The molecule has 8 heteroatoms. The molecule has 2 rings (SSSR count). The third-order valence-electron chi connectivity index (χ3n) is 4.78. The van der Waals surface area contributed by atoms with Crippen LogP contribution < -0.4 is 10.2 Å². The van der Waals surface area contributed by atoms with Crippen molar-refractivity contribution in [1.82, 2.24) is 5.32 Å². The minimum Gasteiger partial charge on any atom is -0.452 e. The molecule has 1 fully saturated rings. The van der Waals surface area contributed by atoms with Gasteiger partial charge in [-0.1, -0.05) is 13.8 Å². The van der Waals surface area contributed by atoms with E-state index in [9.17, 15) is 19.7 Å². The average molecular weight is 391 g/mol. The van der Waals surface area contributed by atoms with Crippen LogP contribution in [0.3, 0.4) is 0 Å². The molecule has 1 atom stereocenters. The molecule has 0 bridgehead atoms. The fourth-order valence-electron chi connectivity index (χ4n) is 3.22. The number of carbonyl (C=O) groups excluding carboxylic acids is 2. The van der Waals surface area contributed by atoms with Crippen molar-refractivity contribution in [3.8, 4) is 0 Å². The maximum absolute atomic E-state index is 12.6. The summed E-state index contributed by atoms with van der Waals surface area (Å²) in [4.78, 5) is 37.1. The molecule has 1 heterocycles. The minimum atomic E-state index is -0.726. The van der Waals surface area contributed by atoms with Gasteiger partial charge in [-0.05, 0) is 44.6 Å². The number of benzene rings is 1. The molecule has 0 aliphatic carbocycles. The van der Waals surface area contributed by atoms with Gasteiger partial charge in [0.1, 0.15) is 0 Å². The predicted octanol–water partition coefficient (Wildman–Crippen LogP) is 3.29. The molecule has 0 saturated carbocycles. The van der Waals surface area contributed by atoms with Crippen LogP contribution in [0.15, 0.2) is 18.2 Å². The van der Waals surface area contributed by atoms with Crippen LogP contribution in [0.2, 0.25) is 0 Å². The number of nitro groups is 1. The molecule has 1 aliphatic rings. The van der Waals surface area contributed by atoms with Crippen molar-refractivity contribution in [1.29, 1.82) is 0 Å². The highest BCUT2D eigenvalue weighted by Crippen LogP contribution is 2.29. The Hall–Kier alpha value is -2.64. The fraction of sp³-hybridized carbons (Fsp3) is 0.600. The molecule has 0 radical (unpaired) electrons. The second kappa shape index (κ2) is 10.1. The summed E-state index contributed by atoms with van der Waals surface area (Å²) in [6, 6.07) is 4.17. The van der Waals surface area contributed by atoms with E-state index in [4.69, 9.17) is 4.74 Å². The SMILES string of the molecule is CC(C)CC[C@H](C)NC(=O)COC(=O)c1cc([N+](=O)[O-])ccc1N1CCCC1. The van der Waals surface area contributed by atoms with Gasteiger partial charge >= 0.3 is 5.97 Å². The largest absolute Gasteiger partial charge is 0.452 e. The predicted molar refractivity (Wildman–Crippen MR) is 107 cm³/mol. The molecule has 1 aromatic rings. The molecule has 1 amide bonds. The van der Waals surface area contributed by atoms with Crippen LogP contribution in [-0.2, 0) is 9.53 Å². The lowest BCUT2D eigenvalue weighted by atomic mass is 10.0. The zero-order valence-electron chi connectivity index (χ0n) is 16.8. The first-order valence-corrected chi connectivity index (χ1v) is 9.77. The number of non-ortho nitro benzene ring substituents is 1. The number of esters is 1. The van der Waals surface area contributed by atoms with Gasteiger partial charge in [0.2, 0.25) is 0 Å². The normalized spacial score (nSPS) is 14.8. The number of ether oxygens (including phenoxy) is 1. The topological polar surface area (TPSA) is 102 Å². The minimum absolute atomic E-state index is 0.00780. The number of nitrogens with zero attached hydrogens (tertiary/aromatic N) is 2. The number of hydrogen-bond acceptors (Lipinski definition) is 6. The quantitative estimate of drug-likeness (QED) is 0.394. The smallest absolute Gasteiger partial charge is 0.341 e. The summed E-state index contributed by atoms with van der Waals surface area (Å²) in [7, 11) is 0. The first-order chi connectivity index (χ1) is 13.3. The Kier molecular flexibility index (Phi) is 7.78. The zero-order valence-corrected chi connectivity index (χ0v) is 16.8. The third-order valence-corrected chi connectivity index (χ3v) is 4.78. The Labute approximate surface area is 165 Å². The van der Waals surface area contributed by atoms with Crippen molar-refractivity contribution in [2.75, 3.05) is 24.6 Å². The van der Waals surface area contributed by atoms with Crippen molar-refractivity contribution < 1.29 is 19.2 Å². The summed E-state index contributed by atoms with van der Waals surface area (Å²) < 4.78 is 5.15. The molecule has 1 saturated heterocycles. The van der Waals surface area contributed by atoms with E-state index < -0.39 is 17.5 Å². The second-order valence-corrected chi connectivity index (χ2v) is 7.67. The van der Waals surface area contributed by atoms with Gasteiger partial charge in [-0.3, -0.25) is 14.9 Å². The highest BCUT2D eigenvalue weighted by molar-refractivity contribution is 5.97. The van der Waals surface area contributed by atoms with Crippen LogP contribution in [0.25, 0.3) is 0 Å². The van der Waals surface area contributed by atoms with E-state index >= 15 is 0 Å². The van der Waals surface area contributed by atoms with E-state index in [0.717, 1.165) is 38.8 Å². The number of carbonyl (C=O) groups is 2. The highest BCUT2D eigenvalue weighted by atomic mass is 16.6. The van der Waals surface area contributed by atoms with Gasteiger partial charge in [0.25, 0.3) is 11.6 Å². The number of nitrogens with one attached hydrogen (secondary N) is 1. The number of anilines is 1. The van der Waals surface area contributed by atoms with Gasteiger partial charge < -0.3 is 15.0 Å². The molecule has 1 aromatic carbocycles. The average Bonchev–Trinajstić information content (AvgIpc) is 3.18. The summed E-state index contributed by atoms with van der Waals surface area (Å²) in [5.41, 5.74) is 0.553. The van der Waals surface area contributed by atoms with Gasteiger partial charge in [0.15, 0.2) is 6.61 Å². The Balaban J connectivity index is 2.01. The van der Waals surface area contributed by atoms with Gasteiger partial charge in [-0.25, -0.2) is 4.79 Å². The standard InChI is InChI=1S/C20H29N3O5/c1-14(2)6-7-15(3)21-19(24)13-28-20(25)17-12-16(23(26)27)8-9-18(17)22-10-4-5-11-22/h8-9,12,14-15H,4-7,10-11,13H2,1-3H3,(H,21,24)/t15-/m0/s1. The first-order valence-electron chi connectivity index (χ1n) is 9.77.